The number of carbonyl (C=O) groups is 1. The van der Waals surface area contributed by atoms with Crippen molar-refractivity contribution in [3.8, 4) is 0 Å². The van der Waals surface area contributed by atoms with Crippen LogP contribution in [0.2, 0.25) is 0 Å². The zero-order chi connectivity index (χ0) is 17.3. The number of carbonyl (C=O) groups excluding carboxylic acids is 1. The zero-order valence-corrected chi connectivity index (χ0v) is 15.8. The van der Waals surface area contributed by atoms with Gasteiger partial charge in [0.25, 0.3) is 0 Å². The fraction of sp³-hybridized carbons (Fsp3) is 0.500. The van der Waals surface area contributed by atoms with E-state index in [9.17, 15) is 4.79 Å². The quantitative estimate of drug-likeness (QED) is 0.732. The van der Waals surface area contributed by atoms with E-state index >= 15 is 0 Å². The van der Waals surface area contributed by atoms with Crippen LogP contribution in [0.5, 0.6) is 0 Å². The molecule has 0 spiro atoms. The maximum atomic E-state index is 12.3. The topological polar surface area (TPSA) is 51.9 Å². The van der Waals surface area contributed by atoms with Crippen LogP contribution in [0.3, 0.4) is 0 Å². The first-order valence-electron chi connectivity index (χ1n) is 8.23. The number of rotatable bonds is 4. The predicted octanol–water partition coefficient (Wildman–Crippen LogP) is 3.98. The minimum Gasteiger partial charge on any atom is -0.460 e. The van der Waals surface area contributed by atoms with Crippen molar-refractivity contribution in [2.45, 2.75) is 39.5 Å². The molecule has 1 aromatic carbocycles. The molecule has 0 saturated carbocycles. The molecule has 0 radical (unpaired) electrons. The van der Waals surface area contributed by atoms with Crippen LogP contribution in [0, 0.1) is 0 Å². The lowest BCUT2D eigenvalue weighted by Crippen LogP contribution is -2.44. The van der Waals surface area contributed by atoms with Crippen LogP contribution in [-0.4, -0.2) is 42.8 Å². The lowest BCUT2D eigenvalue weighted by molar-refractivity contribution is -0.0705. The van der Waals surface area contributed by atoms with Gasteiger partial charge in [-0.2, -0.15) is 0 Å². The van der Waals surface area contributed by atoms with Gasteiger partial charge in [0.2, 0.25) is 5.76 Å². The minimum atomic E-state index is -0.408. The largest absolute Gasteiger partial charge is 0.460 e. The van der Waals surface area contributed by atoms with Crippen LogP contribution in [0.15, 0.2) is 27.1 Å². The number of fused-ring (bicyclic) bond motifs is 1. The van der Waals surface area contributed by atoms with Gasteiger partial charge in [0.15, 0.2) is 0 Å². The van der Waals surface area contributed by atoms with Crippen LogP contribution in [0.25, 0.3) is 11.0 Å². The van der Waals surface area contributed by atoms with Gasteiger partial charge >= 0.3 is 5.97 Å². The Bertz CT molecular complexity index is 732. The van der Waals surface area contributed by atoms with Crippen LogP contribution >= 0.6 is 15.9 Å². The fourth-order valence-corrected chi connectivity index (χ4v) is 3.64. The Kier molecular flexibility index (Phi) is 5.27. The van der Waals surface area contributed by atoms with E-state index < -0.39 is 5.97 Å². The third-order valence-corrected chi connectivity index (χ3v) is 4.58. The Balaban J connectivity index is 1.98. The number of benzene rings is 1. The highest BCUT2D eigenvalue weighted by Gasteiger charge is 2.27. The van der Waals surface area contributed by atoms with E-state index in [1.165, 1.54) is 0 Å². The van der Waals surface area contributed by atoms with Crippen molar-refractivity contribution < 1.29 is 18.7 Å². The molecule has 0 unspecified atom stereocenters. The summed E-state index contributed by atoms with van der Waals surface area (Å²) in [6.07, 6.45) is 0.342. The van der Waals surface area contributed by atoms with E-state index in [1.807, 2.05) is 18.2 Å². The van der Waals surface area contributed by atoms with Gasteiger partial charge < -0.3 is 13.9 Å². The molecule has 6 heteroatoms. The normalized spacial score (nSPS) is 22.0. The van der Waals surface area contributed by atoms with E-state index in [0.29, 0.717) is 24.5 Å². The SMILES string of the molecule is CCOC(=O)c1oc2ccc(Br)cc2c1CN1C[C@H](C)O[C@@H](C)C1. The summed E-state index contributed by atoms with van der Waals surface area (Å²) in [5, 5.41) is 0.944. The number of morpholine rings is 1. The number of esters is 1. The molecule has 24 heavy (non-hydrogen) atoms. The first-order valence-corrected chi connectivity index (χ1v) is 9.03. The highest BCUT2D eigenvalue weighted by molar-refractivity contribution is 9.10. The average molecular weight is 396 g/mol. The van der Waals surface area contributed by atoms with Crippen LogP contribution in [-0.2, 0) is 16.0 Å². The molecule has 0 bridgehead atoms. The predicted molar refractivity (Wildman–Crippen MR) is 95.2 cm³/mol. The minimum absolute atomic E-state index is 0.171. The van der Waals surface area contributed by atoms with Crippen molar-refractivity contribution >= 4 is 32.9 Å². The van der Waals surface area contributed by atoms with Crippen molar-refractivity contribution in [2.24, 2.45) is 0 Å². The summed E-state index contributed by atoms with van der Waals surface area (Å²) in [4.78, 5) is 14.6. The van der Waals surface area contributed by atoms with Gasteiger partial charge in [0.05, 0.1) is 18.8 Å². The van der Waals surface area contributed by atoms with Crippen molar-refractivity contribution in [3.05, 3.63) is 34.0 Å². The average Bonchev–Trinajstić information content (AvgIpc) is 2.85. The van der Waals surface area contributed by atoms with Gasteiger partial charge in [-0.1, -0.05) is 15.9 Å². The van der Waals surface area contributed by atoms with Gasteiger partial charge in [-0.15, -0.1) is 0 Å². The summed E-state index contributed by atoms with van der Waals surface area (Å²) in [5.74, 6) is -0.106. The molecular weight excluding hydrogens is 374 g/mol. The summed E-state index contributed by atoms with van der Waals surface area (Å²) in [5.41, 5.74) is 1.58. The second kappa shape index (κ2) is 7.25. The maximum Gasteiger partial charge on any atom is 0.374 e. The van der Waals surface area contributed by atoms with Gasteiger partial charge in [-0.3, -0.25) is 4.90 Å². The van der Waals surface area contributed by atoms with E-state index in [2.05, 4.69) is 34.7 Å². The third-order valence-electron chi connectivity index (χ3n) is 4.09. The molecule has 0 amide bonds. The standard InChI is InChI=1S/C18H22BrNO4/c1-4-22-18(21)17-15(10-20-8-11(2)23-12(3)9-20)14-7-13(19)5-6-16(14)24-17/h5-7,11-12H,4,8-10H2,1-3H3/t11-,12-/m0/s1. The van der Waals surface area contributed by atoms with E-state index in [4.69, 9.17) is 13.9 Å². The van der Waals surface area contributed by atoms with Crippen molar-refractivity contribution in [3.63, 3.8) is 0 Å². The van der Waals surface area contributed by atoms with Gasteiger partial charge in [-0.05, 0) is 39.0 Å². The highest BCUT2D eigenvalue weighted by atomic mass is 79.9. The molecule has 0 aliphatic carbocycles. The second-order valence-corrected chi connectivity index (χ2v) is 7.14. The number of hydrogen-bond acceptors (Lipinski definition) is 5. The monoisotopic (exact) mass is 395 g/mol. The Hall–Kier alpha value is -1.37. The Morgan fingerprint density at radius 1 is 1.33 bits per heavy atom. The number of ether oxygens (including phenoxy) is 2. The molecule has 3 rings (SSSR count). The number of nitrogens with zero attached hydrogens (tertiary/aromatic N) is 1. The smallest absolute Gasteiger partial charge is 0.374 e. The molecule has 0 N–H and O–H groups in total. The van der Waals surface area contributed by atoms with Crippen LogP contribution in [0.1, 0.15) is 36.9 Å². The molecule has 1 aliphatic rings. The zero-order valence-electron chi connectivity index (χ0n) is 14.2. The first kappa shape index (κ1) is 17.5. The summed E-state index contributed by atoms with van der Waals surface area (Å²) < 4.78 is 17.7. The molecule has 130 valence electrons. The molecule has 2 atom stereocenters. The molecule has 1 aliphatic heterocycles. The maximum absolute atomic E-state index is 12.3. The van der Waals surface area contributed by atoms with E-state index in [1.54, 1.807) is 6.92 Å². The molecule has 5 nitrogen and oxygen atoms in total. The molecule has 1 saturated heterocycles. The number of hydrogen-bond donors (Lipinski definition) is 0. The number of halogens is 1. The van der Waals surface area contributed by atoms with Crippen molar-refractivity contribution in [1.82, 2.24) is 4.90 Å². The summed E-state index contributed by atoms with van der Waals surface area (Å²) in [6.45, 7) is 8.54. The van der Waals surface area contributed by atoms with E-state index in [0.717, 1.165) is 28.5 Å². The molecule has 2 heterocycles. The van der Waals surface area contributed by atoms with Crippen LogP contribution in [0.4, 0.5) is 0 Å². The Morgan fingerprint density at radius 3 is 2.71 bits per heavy atom. The number of furan rings is 1. The first-order chi connectivity index (χ1) is 11.5. The summed E-state index contributed by atoms with van der Waals surface area (Å²) in [6, 6.07) is 5.77. The van der Waals surface area contributed by atoms with Gasteiger partial charge in [0, 0.05) is 35.1 Å². The second-order valence-electron chi connectivity index (χ2n) is 6.22. The highest BCUT2D eigenvalue weighted by Crippen LogP contribution is 2.31. The van der Waals surface area contributed by atoms with Crippen molar-refractivity contribution in [1.29, 1.82) is 0 Å². The lowest BCUT2D eigenvalue weighted by atomic mass is 10.1. The molecule has 1 fully saturated rings. The molecule has 2 aromatic rings. The van der Waals surface area contributed by atoms with E-state index in [-0.39, 0.29) is 12.2 Å². The lowest BCUT2D eigenvalue weighted by Gasteiger charge is -2.35. The third kappa shape index (κ3) is 3.66. The summed E-state index contributed by atoms with van der Waals surface area (Å²) in [7, 11) is 0. The molecular formula is C18H22BrNO4. The van der Waals surface area contributed by atoms with Crippen LogP contribution < -0.4 is 0 Å². The van der Waals surface area contributed by atoms with Crippen molar-refractivity contribution in [2.75, 3.05) is 19.7 Å². The fourth-order valence-electron chi connectivity index (χ4n) is 3.28. The summed E-state index contributed by atoms with van der Waals surface area (Å²) >= 11 is 3.50. The van der Waals surface area contributed by atoms with Gasteiger partial charge in [-0.25, -0.2) is 4.79 Å². The Morgan fingerprint density at radius 2 is 2.04 bits per heavy atom. The van der Waals surface area contributed by atoms with Gasteiger partial charge in [0.1, 0.15) is 5.58 Å². The molecule has 1 aromatic heterocycles. The Labute approximate surface area is 150 Å².